The lowest BCUT2D eigenvalue weighted by Gasteiger charge is -2.28. The van der Waals surface area contributed by atoms with Gasteiger partial charge in [-0.05, 0) is 77.1 Å². The van der Waals surface area contributed by atoms with Crippen LogP contribution in [0.2, 0.25) is 10.3 Å². The van der Waals surface area contributed by atoms with Crippen molar-refractivity contribution in [3.8, 4) is 0 Å². The van der Waals surface area contributed by atoms with Crippen LogP contribution < -0.4 is 4.90 Å². The number of carbonyl (C=O) groups is 1. The SMILES string of the molecule is CC(CN(C(=O)OC(C)(C)C)c1c(I)cc(Cl)nc1Cl)=NS(=O)C(C)(C)C. The van der Waals surface area contributed by atoms with Crippen LogP contribution in [0.5, 0.6) is 0 Å². The van der Waals surface area contributed by atoms with Gasteiger partial charge < -0.3 is 4.74 Å². The van der Waals surface area contributed by atoms with Crippen molar-refractivity contribution in [1.82, 2.24) is 4.98 Å². The molecule has 27 heavy (non-hydrogen) atoms. The van der Waals surface area contributed by atoms with Crippen LogP contribution in [0.1, 0.15) is 48.5 Å². The van der Waals surface area contributed by atoms with E-state index in [1.807, 2.05) is 43.4 Å². The number of amides is 1. The van der Waals surface area contributed by atoms with E-state index in [2.05, 4.69) is 9.38 Å². The second-order valence-electron chi connectivity index (χ2n) is 7.82. The van der Waals surface area contributed by atoms with Crippen molar-refractivity contribution in [1.29, 1.82) is 0 Å². The number of anilines is 1. The zero-order valence-electron chi connectivity index (χ0n) is 16.4. The first-order valence-corrected chi connectivity index (χ1v) is 11.0. The Morgan fingerprint density at radius 2 is 1.85 bits per heavy atom. The van der Waals surface area contributed by atoms with Crippen molar-refractivity contribution < 1.29 is 13.7 Å². The third kappa shape index (κ3) is 7.83. The molecule has 6 nitrogen and oxygen atoms in total. The Morgan fingerprint density at radius 3 is 2.30 bits per heavy atom. The topological polar surface area (TPSA) is 71.9 Å². The summed E-state index contributed by atoms with van der Waals surface area (Å²) in [4.78, 5) is 18.2. The molecule has 1 aromatic heterocycles. The number of halogens is 3. The van der Waals surface area contributed by atoms with Crippen LogP contribution >= 0.6 is 45.8 Å². The third-order valence-corrected chi connectivity index (χ3v) is 5.71. The predicted molar refractivity (Wildman–Crippen MR) is 122 cm³/mol. The predicted octanol–water partition coefficient (Wildman–Crippen LogP) is 5.66. The summed E-state index contributed by atoms with van der Waals surface area (Å²) in [6, 6.07) is 1.60. The van der Waals surface area contributed by atoms with Crippen LogP contribution in [-0.2, 0) is 15.7 Å². The highest BCUT2D eigenvalue weighted by Gasteiger charge is 2.28. The monoisotopic (exact) mass is 547 g/mol. The minimum atomic E-state index is -1.45. The quantitative estimate of drug-likeness (QED) is 0.277. The standard InChI is InChI=1S/C17H24Cl2IN3O3S/c1-10(22-27(25)17(5,6)7)9-23(15(24)26-16(2,3)4)13-11(20)8-12(18)21-14(13)19/h8H,9H2,1-7H3. The zero-order valence-corrected chi connectivity index (χ0v) is 20.9. The molecule has 0 N–H and O–H groups in total. The van der Waals surface area contributed by atoms with E-state index < -0.39 is 27.4 Å². The smallest absolute Gasteiger partial charge is 0.415 e. The molecule has 1 rings (SSSR count). The first-order chi connectivity index (χ1) is 12.1. The number of ether oxygens (including phenoxy) is 1. The number of aromatic nitrogens is 1. The summed E-state index contributed by atoms with van der Waals surface area (Å²) < 4.78 is 22.1. The average molecular weight is 548 g/mol. The van der Waals surface area contributed by atoms with E-state index in [0.717, 1.165) is 0 Å². The van der Waals surface area contributed by atoms with Crippen molar-refractivity contribution in [3.63, 3.8) is 0 Å². The Bertz CT molecular complexity index is 751. The number of nitrogens with zero attached hydrogens (tertiary/aromatic N) is 3. The molecule has 1 unspecified atom stereocenters. The summed E-state index contributed by atoms with van der Waals surface area (Å²) in [6.45, 7) is 12.5. The Hall–Kier alpha value is -0.450. The van der Waals surface area contributed by atoms with E-state index in [4.69, 9.17) is 27.9 Å². The number of carbonyl (C=O) groups excluding carboxylic acids is 1. The van der Waals surface area contributed by atoms with E-state index in [0.29, 0.717) is 15.0 Å². The Labute approximate surface area is 186 Å². The molecule has 152 valence electrons. The fraction of sp³-hybridized carbons (Fsp3) is 0.588. The molecule has 0 aliphatic heterocycles. The van der Waals surface area contributed by atoms with Gasteiger partial charge in [-0.15, -0.1) is 0 Å². The van der Waals surface area contributed by atoms with Gasteiger partial charge in [0.2, 0.25) is 0 Å². The molecule has 0 spiro atoms. The second kappa shape index (κ2) is 9.37. The van der Waals surface area contributed by atoms with E-state index in [1.54, 1.807) is 33.8 Å². The van der Waals surface area contributed by atoms with E-state index in [1.165, 1.54) is 4.90 Å². The summed E-state index contributed by atoms with van der Waals surface area (Å²) in [5.41, 5.74) is 0.162. The van der Waals surface area contributed by atoms with Gasteiger partial charge in [-0.25, -0.2) is 14.0 Å². The van der Waals surface area contributed by atoms with Crippen LogP contribution in [0.15, 0.2) is 10.5 Å². The number of pyridine rings is 1. The number of rotatable bonds is 4. The molecule has 1 amide bonds. The molecule has 0 fully saturated rings. The summed E-state index contributed by atoms with van der Waals surface area (Å²) in [5.74, 6) is 0. The van der Waals surface area contributed by atoms with Gasteiger partial charge in [0.1, 0.15) is 21.7 Å². The first-order valence-electron chi connectivity index (χ1n) is 8.10. The largest absolute Gasteiger partial charge is 0.443 e. The summed E-state index contributed by atoms with van der Waals surface area (Å²) in [7, 11) is -1.45. The van der Waals surface area contributed by atoms with Gasteiger partial charge in [-0.3, -0.25) is 4.90 Å². The van der Waals surface area contributed by atoms with Gasteiger partial charge in [-0.2, -0.15) is 4.40 Å². The van der Waals surface area contributed by atoms with Crippen molar-refractivity contribution in [2.45, 2.75) is 58.8 Å². The fourth-order valence-electron chi connectivity index (χ4n) is 1.78. The molecule has 10 heteroatoms. The van der Waals surface area contributed by atoms with Crippen LogP contribution in [0.4, 0.5) is 10.5 Å². The molecule has 1 heterocycles. The second-order valence-corrected chi connectivity index (χ2v) is 11.6. The van der Waals surface area contributed by atoms with Gasteiger partial charge in [0, 0.05) is 9.28 Å². The van der Waals surface area contributed by atoms with Gasteiger partial charge in [-0.1, -0.05) is 23.2 Å². The molecule has 1 atom stereocenters. The lowest BCUT2D eigenvalue weighted by molar-refractivity contribution is 0.0585. The van der Waals surface area contributed by atoms with E-state index in [9.17, 15) is 9.00 Å². The molecule has 0 radical (unpaired) electrons. The summed E-state index contributed by atoms with van der Waals surface area (Å²) in [6.07, 6.45) is -0.609. The van der Waals surface area contributed by atoms with Crippen LogP contribution in [0.25, 0.3) is 0 Å². The van der Waals surface area contributed by atoms with Gasteiger partial charge in [0.15, 0.2) is 5.15 Å². The van der Waals surface area contributed by atoms with Crippen molar-refractivity contribution >= 4 is 74.3 Å². The van der Waals surface area contributed by atoms with Gasteiger partial charge in [0.25, 0.3) is 0 Å². The van der Waals surface area contributed by atoms with Gasteiger partial charge >= 0.3 is 6.09 Å². The third-order valence-electron chi connectivity index (χ3n) is 2.91. The maximum absolute atomic E-state index is 12.8. The normalized spacial score (nSPS) is 14.1. The minimum Gasteiger partial charge on any atom is -0.443 e. The van der Waals surface area contributed by atoms with E-state index in [-0.39, 0.29) is 16.9 Å². The highest BCUT2D eigenvalue weighted by atomic mass is 127. The molecule has 0 saturated carbocycles. The molecule has 0 saturated heterocycles. The van der Waals surface area contributed by atoms with Crippen LogP contribution in [-0.4, -0.2) is 37.9 Å². The van der Waals surface area contributed by atoms with Crippen LogP contribution in [0, 0.1) is 3.57 Å². The molecule has 0 aromatic carbocycles. The number of hydrogen-bond acceptors (Lipinski definition) is 4. The van der Waals surface area contributed by atoms with E-state index >= 15 is 0 Å². The fourth-order valence-corrected chi connectivity index (χ4v) is 4.11. The highest BCUT2D eigenvalue weighted by Crippen LogP contribution is 2.33. The van der Waals surface area contributed by atoms with Crippen molar-refractivity contribution in [3.05, 3.63) is 19.9 Å². The molecule has 0 aliphatic rings. The Kier molecular flexibility index (Phi) is 8.53. The maximum atomic E-state index is 12.8. The lowest BCUT2D eigenvalue weighted by atomic mass is 10.2. The average Bonchev–Trinajstić information content (AvgIpc) is 2.41. The molecule has 0 bridgehead atoms. The highest BCUT2D eigenvalue weighted by molar-refractivity contribution is 14.1. The molecule has 1 aromatic rings. The summed E-state index contributed by atoms with van der Waals surface area (Å²) >= 11 is 14.2. The summed E-state index contributed by atoms with van der Waals surface area (Å²) in [5, 5.41) is 0.291. The first kappa shape index (κ1) is 24.6. The molecular formula is C17H24Cl2IN3O3S. The zero-order chi connectivity index (χ0) is 21.2. The van der Waals surface area contributed by atoms with Crippen molar-refractivity contribution in [2.24, 2.45) is 4.40 Å². The number of hydrogen-bond donors (Lipinski definition) is 0. The molecule has 0 aliphatic carbocycles. The Balaban J connectivity index is 3.34. The maximum Gasteiger partial charge on any atom is 0.415 e. The Morgan fingerprint density at radius 1 is 1.30 bits per heavy atom. The van der Waals surface area contributed by atoms with Crippen molar-refractivity contribution in [2.75, 3.05) is 11.4 Å². The van der Waals surface area contributed by atoms with Gasteiger partial charge in [0.05, 0.1) is 17.0 Å². The lowest BCUT2D eigenvalue weighted by Crippen LogP contribution is -2.40. The van der Waals surface area contributed by atoms with Crippen LogP contribution in [0.3, 0.4) is 0 Å². The molecular weight excluding hydrogens is 524 g/mol. The minimum absolute atomic E-state index is 0.0514.